The molecule has 0 N–H and O–H groups in total. The second-order valence-electron chi connectivity index (χ2n) is 3.52. The number of alkyl halides is 3. The third-order valence-electron chi connectivity index (χ3n) is 2.15. The van der Waals surface area contributed by atoms with Crippen molar-refractivity contribution in [3.05, 3.63) is 65.5 Å². The average molecular weight is 247 g/mol. The SMILES string of the molecule is FC(F)(F)c1cccc(C#Cc2ccccc2)n1. The van der Waals surface area contributed by atoms with E-state index in [1.807, 2.05) is 18.2 Å². The van der Waals surface area contributed by atoms with E-state index in [0.717, 1.165) is 11.6 Å². The predicted molar refractivity (Wildman–Crippen MR) is 61.7 cm³/mol. The minimum Gasteiger partial charge on any atom is -0.235 e. The Balaban J connectivity index is 2.29. The zero-order valence-corrected chi connectivity index (χ0v) is 9.20. The fourth-order valence-electron chi connectivity index (χ4n) is 1.32. The Morgan fingerprint density at radius 1 is 0.833 bits per heavy atom. The molecule has 0 radical (unpaired) electrons. The molecular formula is C14H8F3N. The quantitative estimate of drug-likeness (QED) is 0.649. The molecule has 0 unspecified atom stereocenters. The summed E-state index contributed by atoms with van der Waals surface area (Å²) in [6, 6.07) is 12.7. The lowest BCUT2D eigenvalue weighted by molar-refractivity contribution is -0.141. The molecule has 1 aromatic carbocycles. The van der Waals surface area contributed by atoms with Gasteiger partial charge in [-0.1, -0.05) is 30.2 Å². The van der Waals surface area contributed by atoms with E-state index in [-0.39, 0.29) is 5.69 Å². The number of benzene rings is 1. The Labute approximate surface area is 102 Å². The zero-order chi connectivity index (χ0) is 13.0. The molecule has 0 saturated heterocycles. The summed E-state index contributed by atoms with van der Waals surface area (Å²) in [5.74, 6) is 5.37. The van der Waals surface area contributed by atoms with Gasteiger partial charge in [0.1, 0.15) is 11.4 Å². The van der Waals surface area contributed by atoms with Gasteiger partial charge in [0.25, 0.3) is 0 Å². The molecule has 18 heavy (non-hydrogen) atoms. The van der Waals surface area contributed by atoms with Crippen molar-refractivity contribution in [1.82, 2.24) is 4.98 Å². The van der Waals surface area contributed by atoms with Crippen LogP contribution in [0.25, 0.3) is 0 Å². The summed E-state index contributed by atoms with van der Waals surface area (Å²) < 4.78 is 37.3. The number of pyridine rings is 1. The lowest BCUT2D eigenvalue weighted by atomic mass is 10.2. The Morgan fingerprint density at radius 3 is 2.22 bits per heavy atom. The molecule has 0 bridgehead atoms. The first kappa shape index (κ1) is 12.2. The van der Waals surface area contributed by atoms with Crippen LogP contribution in [0.3, 0.4) is 0 Å². The van der Waals surface area contributed by atoms with Crippen LogP contribution in [0, 0.1) is 11.8 Å². The smallest absolute Gasteiger partial charge is 0.235 e. The Morgan fingerprint density at radius 2 is 1.56 bits per heavy atom. The summed E-state index contributed by atoms with van der Waals surface area (Å²) in [4.78, 5) is 3.46. The maximum Gasteiger partial charge on any atom is 0.433 e. The molecule has 4 heteroatoms. The molecule has 0 aliphatic rings. The molecule has 0 aliphatic carbocycles. The van der Waals surface area contributed by atoms with Gasteiger partial charge < -0.3 is 0 Å². The summed E-state index contributed by atoms with van der Waals surface area (Å²) in [5.41, 5.74) is -0.0900. The van der Waals surface area contributed by atoms with Gasteiger partial charge in [-0.25, -0.2) is 4.98 Å². The van der Waals surface area contributed by atoms with E-state index >= 15 is 0 Å². The molecule has 0 fully saturated rings. The summed E-state index contributed by atoms with van der Waals surface area (Å²) in [7, 11) is 0. The second-order valence-corrected chi connectivity index (χ2v) is 3.52. The van der Waals surface area contributed by atoms with Crippen LogP contribution in [0.15, 0.2) is 48.5 Å². The van der Waals surface area contributed by atoms with Gasteiger partial charge in [0.2, 0.25) is 0 Å². The molecular weight excluding hydrogens is 239 g/mol. The van der Waals surface area contributed by atoms with E-state index in [4.69, 9.17) is 0 Å². The van der Waals surface area contributed by atoms with Crippen molar-refractivity contribution in [2.45, 2.75) is 6.18 Å². The van der Waals surface area contributed by atoms with Crippen LogP contribution in [0.5, 0.6) is 0 Å². The highest BCUT2D eigenvalue weighted by Gasteiger charge is 2.32. The maximum absolute atomic E-state index is 12.4. The molecule has 1 aromatic heterocycles. The van der Waals surface area contributed by atoms with E-state index in [1.165, 1.54) is 12.1 Å². The standard InChI is InChI=1S/C14H8F3N/c15-14(16,17)13-8-4-7-12(18-13)10-9-11-5-2-1-3-6-11/h1-8H. The highest BCUT2D eigenvalue weighted by atomic mass is 19.4. The molecule has 2 aromatic rings. The van der Waals surface area contributed by atoms with E-state index < -0.39 is 11.9 Å². The Hall–Kier alpha value is -2.28. The highest BCUT2D eigenvalue weighted by Crippen LogP contribution is 2.27. The first-order valence-corrected chi connectivity index (χ1v) is 5.17. The van der Waals surface area contributed by atoms with Crippen LogP contribution >= 0.6 is 0 Å². The van der Waals surface area contributed by atoms with Crippen molar-refractivity contribution in [2.75, 3.05) is 0 Å². The lowest BCUT2D eigenvalue weighted by Gasteiger charge is -2.04. The van der Waals surface area contributed by atoms with E-state index in [9.17, 15) is 13.2 Å². The summed E-state index contributed by atoms with van der Waals surface area (Å²) in [5, 5.41) is 0. The molecule has 0 atom stereocenters. The molecule has 0 spiro atoms. The Bertz CT molecular complexity index is 592. The van der Waals surface area contributed by atoms with Crippen molar-refractivity contribution in [2.24, 2.45) is 0 Å². The van der Waals surface area contributed by atoms with E-state index in [1.54, 1.807) is 12.1 Å². The van der Waals surface area contributed by atoms with Crippen molar-refractivity contribution in [3.63, 3.8) is 0 Å². The largest absolute Gasteiger partial charge is 0.433 e. The van der Waals surface area contributed by atoms with E-state index in [0.29, 0.717) is 0 Å². The fraction of sp³-hybridized carbons (Fsp3) is 0.0714. The van der Waals surface area contributed by atoms with Crippen LogP contribution in [0.1, 0.15) is 17.0 Å². The molecule has 1 nitrogen and oxygen atoms in total. The third kappa shape index (κ3) is 3.11. The minimum atomic E-state index is -4.44. The van der Waals surface area contributed by atoms with E-state index in [2.05, 4.69) is 16.8 Å². The zero-order valence-electron chi connectivity index (χ0n) is 9.20. The molecule has 1 heterocycles. The van der Waals surface area contributed by atoms with Crippen molar-refractivity contribution in [3.8, 4) is 11.8 Å². The normalized spacial score (nSPS) is 10.6. The van der Waals surface area contributed by atoms with Gasteiger partial charge in [-0.3, -0.25) is 0 Å². The number of rotatable bonds is 0. The number of halogens is 3. The first-order chi connectivity index (χ1) is 8.55. The average Bonchev–Trinajstić information content (AvgIpc) is 2.37. The van der Waals surface area contributed by atoms with Gasteiger partial charge >= 0.3 is 6.18 Å². The lowest BCUT2D eigenvalue weighted by Crippen LogP contribution is -2.08. The number of hydrogen-bond acceptors (Lipinski definition) is 1. The highest BCUT2D eigenvalue weighted by molar-refractivity contribution is 5.40. The summed E-state index contributed by atoms with van der Waals surface area (Å²) in [6.45, 7) is 0. The van der Waals surface area contributed by atoms with Crippen LogP contribution in [0.2, 0.25) is 0 Å². The van der Waals surface area contributed by atoms with Gasteiger partial charge in [0.15, 0.2) is 0 Å². The van der Waals surface area contributed by atoms with Crippen molar-refractivity contribution < 1.29 is 13.2 Å². The van der Waals surface area contributed by atoms with Crippen LogP contribution in [0.4, 0.5) is 13.2 Å². The molecule has 0 saturated carbocycles. The van der Waals surface area contributed by atoms with Crippen molar-refractivity contribution in [1.29, 1.82) is 0 Å². The van der Waals surface area contributed by atoms with Gasteiger partial charge in [-0.2, -0.15) is 13.2 Å². The van der Waals surface area contributed by atoms with Crippen LogP contribution < -0.4 is 0 Å². The maximum atomic E-state index is 12.4. The van der Waals surface area contributed by atoms with Crippen molar-refractivity contribution >= 4 is 0 Å². The monoisotopic (exact) mass is 247 g/mol. The molecule has 0 aliphatic heterocycles. The van der Waals surface area contributed by atoms with Gasteiger partial charge in [-0.15, -0.1) is 0 Å². The molecule has 0 amide bonds. The second kappa shape index (κ2) is 4.92. The summed E-state index contributed by atoms with van der Waals surface area (Å²) >= 11 is 0. The van der Waals surface area contributed by atoms with Gasteiger partial charge in [0.05, 0.1) is 0 Å². The minimum absolute atomic E-state index is 0.105. The van der Waals surface area contributed by atoms with Crippen LogP contribution in [-0.4, -0.2) is 4.98 Å². The number of aromatic nitrogens is 1. The topological polar surface area (TPSA) is 12.9 Å². The molecule has 2 rings (SSSR count). The third-order valence-corrected chi connectivity index (χ3v) is 2.15. The van der Waals surface area contributed by atoms with Crippen LogP contribution in [-0.2, 0) is 6.18 Å². The summed E-state index contributed by atoms with van der Waals surface area (Å²) in [6.07, 6.45) is -4.44. The number of nitrogens with zero attached hydrogens (tertiary/aromatic N) is 1. The Kier molecular flexibility index (Phi) is 3.33. The number of hydrogen-bond donors (Lipinski definition) is 0. The predicted octanol–water partition coefficient (Wildman–Crippen LogP) is 3.50. The first-order valence-electron chi connectivity index (χ1n) is 5.17. The van der Waals surface area contributed by atoms with Gasteiger partial charge in [0, 0.05) is 5.56 Å². The van der Waals surface area contributed by atoms with Gasteiger partial charge in [-0.05, 0) is 30.2 Å². The molecule has 90 valence electrons. The fourth-order valence-corrected chi connectivity index (χ4v) is 1.32.